The van der Waals surface area contributed by atoms with Gasteiger partial charge in [-0.3, -0.25) is 9.35 Å². The molecule has 0 spiro atoms. The molecule has 1 aromatic rings. The van der Waals surface area contributed by atoms with Crippen molar-refractivity contribution >= 4 is 89.8 Å². The Bertz CT molecular complexity index is 1110. The van der Waals surface area contributed by atoms with Gasteiger partial charge in [0.1, 0.15) is 5.60 Å². The molecule has 7 nitrogen and oxygen atoms in total. The molecule has 4 aliphatic carbocycles. The topological polar surface area (TPSA) is 107 Å². The number of benzene rings is 1. The van der Waals surface area contributed by atoms with Gasteiger partial charge in [-0.05, 0) is 124 Å². The molecular weight excluding hydrogens is 803 g/mol. The number of halogens is 5. The van der Waals surface area contributed by atoms with E-state index >= 15 is 0 Å². The summed E-state index contributed by atoms with van der Waals surface area (Å²) in [7, 11) is -5.71. The predicted octanol–water partition coefficient (Wildman–Crippen LogP) is 5.02. The zero-order valence-electron chi connectivity index (χ0n) is 17.0. The van der Waals surface area contributed by atoms with Crippen LogP contribution in [-0.4, -0.2) is 42.4 Å². The van der Waals surface area contributed by atoms with Crippen LogP contribution in [0.3, 0.4) is 0 Å². The van der Waals surface area contributed by atoms with Crippen LogP contribution < -0.4 is 0 Å². The molecule has 2 atom stereocenters. The van der Waals surface area contributed by atoms with Crippen molar-refractivity contribution in [3.63, 3.8) is 0 Å². The fourth-order valence-corrected chi connectivity index (χ4v) is 8.45. The highest BCUT2D eigenvalue weighted by molar-refractivity contribution is 14.1. The van der Waals surface area contributed by atoms with E-state index in [0.29, 0.717) is 31.2 Å². The van der Waals surface area contributed by atoms with E-state index in [1.807, 2.05) is 6.07 Å². The second-order valence-electron chi connectivity index (χ2n) is 9.25. The lowest BCUT2D eigenvalue weighted by Crippen LogP contribution is -2.60. The third-order valence-corrected chi connectivity index (χ3v) is 11.3. The summed E-state index contributed by atoms with van der Waals surface area (Å²) in [5, 5.41) is -4.59. The van der Waals surface area contributed by atoms with Gasteiger partial charge >= 0.3 is 27.3 Å². The quantitative estimate of drug-likeness (QED) is 0.186. The zero-order valence-corrected chi connectivity index (χ0v) is 24.2. The fraction of sp³-hybridized carbons (Fsp3) is 0.600. The summed E-state index contributed by atoms with van der Waals surface area (Å²) in [5.74, 6) is -1.27. The summed E-state index contributed by atoms with van der Waals surface area (Å²) < 4.78 is 71.0. The second kappa shape index (κ2) is 8.90. The van der Waals surface area contributed by atoms with E-state index in [1.54, 1.807) is 6.07 Å². The SMILES string of the molecule is O=C(OC12CC3CC(C1)CC(C(=O)OCC(F)(F)S(=O)(=O)O)(C3)C2)c1cc(I)cc(I)c1I. The first-order chi connectivity index (χ1) is 15.2. The van der Waals surface area contributed by atoms with Crippen LogP contribution in [0, 0.1) is 28.0 Å². The van der Waals surface area contributed by atoms with Gasteiger partial charge < -0.3 is 9.47 Å². The third-order valence-electron chi connectivity index (χ3n) is 6.71. The van der Waals surface area contributed by atoms with Gasteiger partial charge in [0.2, 0.25) is 0 Å². The highest BCUT2D eigenvalue weighted by atomic mass is 127. The van der Waals surface area contributed by atoms with Gasteiger partial charge in [0.05, 0.1) is 11.0 Å². The Labute approximate surface area is 230 Å². The molecule has 0 heterocycles. The molecule has 182 valence electrons. The fourth-order valence-electron chi connectivity index (χ4n) is 5.87. The zero-order chi connectivity index (χ0) is 24.4. The molecule has 0 saturated heterocycles. The Morgan fingerprint density at radius 2 is 1.73 bits per heavy atom. The molecule has 4 aliphatic rings. The molecule has 4 bridgehead atoms. The van der Waals surface area contributed by atoms with Crippen molar-refractivity contribution in [2.24, 2.45) is 17.3 Å². The Morgan fingerprint density at radius 1 is 1.12 bits per heavy atom. The van der Waals surface area contributed by atoms with Crippen LogP contribution in [0.2, 0.25) is 0 Å². The first-order valence-electron chi connectivity index (χ1n) is 10.1. The summed E-state index contributed by atoms with van der Waals surface area (Å²) >= 11 is 6.36. The monoisotopic (exact) mass is 822 g/mol. The summed E-state index contributed by atoms with van der Waals surface area (Å²) in [4.78, 5) is 26.1. The molecule has 0 amide bonds. The summed E-state index contributed by atoms with van der Waals surface area (Å²) in [6.45, 7) is -1.76. The van der Waals surface area contributed by atoms with Crippen molar-refractivity contribution in [2.75, 3.05) is 6.61 Å². The predicted molar refractivity (Wildman–Crippen MR) is 137 cm³/mol. The van der Waals surface area contributed by atoms with E-state index in [1.165, 1.54) is 0 Å². The average molecular weight is 822 g/mol. The smallest absolute Gasteiger partial charge is 0.402 e. The normalized spacial score (nSPS) is 30.8. The minimum absolute atomic E-state index is 0.0730. The van der Waals surface area contributed by atoms with Gasteiger partial charge in [-0.25, -0.2) is 4.79 Å². The van der Waals surface area contributed by atoms with Gasteiger partial charge in [0.25, 0.3) is 0 Å². The molecule has 0 radical (unpaired) electrons. The van der Waals surface area contributed by atoms with Crippen LogP contribution in [0.5, 0.6) is 0 Å². The van der Waals surface area contributed by atoms with Crippen molar-refractivity contribution < 1.29 is 40.8 Å². The highest BCUT2D eigenvalue weighted by Gasteiger charge is 2.63. The third kappa shape index (κ3) is 5.03. The van der Waals surface area contributed by atoms with Gasteiger partial charge in [-0.15, -0.1) is 0 Å². The molecule has 5 rings (SSSR count). The maximum absolute atomic E-state index is 13.6. The molecule has 0 aromatic heterocycles. The molecule has 2 unspecified atom stereocenters. The maximum Gasteiger partial charge on any atom is 0.402 e. The van der Waals surface area contributed by atoms with Crippen molar-refractivity contribution in [2.45, 2.75) is 49.4 Å². The van der Waals surface area contributed by atoms with Gasteiger partial charge in [-0.1, -0.05) is 0 Å². The van der Waals surface area contributed by atoms with E-state index < -0.39 is 44.9 Å². The van der Waals surface area contributed by atoms with Crippen molar-refractivity contribution in [3.8, 4) is 0 Å². The first kappa shape index (κ1) is 26.2. The van der Waals surface area contributed by atoms with Gasteiger partial charge in [0.15, 0.2) is 6.61 Å². The summed E-state index contributed by atoms with van der Waals surface area (Å²) in [6.07, 6.45) is 3.00. The number of alkyl halides is 2. The lowest BCUT2D eigenvalue weighted by atomic mass is 9.48. The van der Waals surface area contributed by atoms with Crippen molar-refractivity contribution in [1.82, 2.24) is 0 Å². The van der Waals surface area contributed by atoms with Crippen LogP contribution in [0.15, 0.2) is 12.1 Å². The number of carbonyl (C=O) groups excluding carboxylic acids is 2. The standard InChI is InChI=1S/C20H19F2I3O7S/c21-20(22,33(28,29)30)9-31-17(27)18-4-10-1-11(5-18)7-19(6-10,8-18)32-16(26)13-2-12(23)3-14(24)15(13)25/h2-3,10-11H,1,4-9H2,(H,28,29,30). The largest absolute Gasteiger partial charge is 0.458 e. The van der Waals surface area contributed by atoms with Gasteiger partial charge in [0, 0.05) is 17.1 Å². The van der Waals surface area contributed by atoms with E-state index in [9.17, 15) is 26.8 Å². The van der Waals surface area contributed by atoms with Crippen LogP contribution in [0.1, 0.15) is 48.9 Å². The molecule has 33 heavy (non-hydrogen) atoms. The lowest BCUT2D eigenvalue weighted by molar-refractivity contribution is -0.200. The van der Waals surface area contributed by atoms with Crippen molar-refractivity contribution in [1.29, 1.82) is 0 Å². The molecule has 13 heteroatoms. The van der Waals surface area contributed by atoms with Crippen LogP contribution in [0.4, 0.5) is 8.78 Å². The Kier molecular flexibility index (Phi) is 7.06. The van der Waals surface area contributed by atoms with E-state index in [2.05, 4.69) is 67.8 Å². The van der Waals surface area contributed by atoms with E-state index in [-0.39, 0.29) is 18.3 Å². The number of ether oxygens (including phenoxy) is 2. The first-order valence-corrected chi connectivity index (χ1v) is 14.7. The number of carbonyl (C=O) groups is 2. The molecule has 0 aliphatic heterocycles. The van der Waals surface area contributed by atoms with Crippen LogP contribution in [-0.2, 0) is 24.4 Å². The summed E-state index contributed by atoms with van der Waals surface area (Å²) in [6, 6.07) is 3.69. The van der Waals surface area contributed by atoms with E-state index in [4.69, 9.17) is 14.0 Å². The average Bonchev–Trinajstić information content (AvgIpc) is 2.66. The molecule has 1 aromatic carbocycles. The van der Waals surface area contributed by atoms with Crippen molar-refractivity contribution in [3.05, 3.63) is 28.4 Å². The Hall–Kier alpha value is 0.120. The summed E-state index contributed by atoms with van der Waals surface area (Å²) in [5.41, 5.74) is -1.58. The molecule has 1 N–H and O–H groups in total. The minimum atomic E-state index is -5.71. The Balaban J connectivity index is 1.56. The van der Waals surface area contributed by atoms with E-state index in [0.717, 1.165) is 17.1 Å². The number of esters is 2. The Morgan fingerprint density at radius 3 is 2.30 bits per heavy atom. The van der Waals surface area contributed by atoms with Gasteiger partial charge in [-0.2, -0.15) is 17.2 Å². The number of rotatable bonds is 6. The van der Waals surface area contributed by atoms with Crippen LogP contribution in [0.25, 0.3) is 0 Å². The number of hydrogen-bond acceptors (Lipinski definition) is 6. The second-order valence-corrected chi connectivity index (χ2v) is 14.3. The minimum Gasteiger partial charge on any atom is -0.458 e. The molecular formula is C20H19F2I3O7S. The molecule has 4 saturated carbocycles. The highest BCUT2D eigenvalue weighted by Crippen LogP contribution is 2.63. The maximum atomic E-state index is 13.6. The molecule has 4 fully saturated rings. The lowest BCUT2D eigenvalue weighted by Gasteiger charge is -2.59. The number of hydrogen-bond donors (Lipinski definition) is 1. The van der Waals surface area contributed by atoms with Crippen LogP contribution >= 0.6 is 67.8 Å².